The maximum absolute atomic E-state index is 14.0. The van der Waals surface area contributed by atoms with Crippen molar-refractivity contribution in [1.82, 2.24) is 9.88 Å². The number of nitrogens with zero attached hydrogens (tertiary/aromatic N) is 1. The standard InChI is InChI=1S/C24H22F5N3O3/c1-6-23(10-22(4,26)11-23)31-21(35)19(33)17-12(2)18(32(5)13(17)3)20(34)30-14-7-8-16(25)15(9-14)24(27,28)29/h1,7-9H,10-11H2,2-5H3,(H,30,34)(H,31,35). The number of hydrogen-bond donors (Lipinski definition) is 2. The molecule has 1 aromatic carbocycles. The number of aromatic nitrogens is 1. The van der Waals surface area contributed by atoms with E-state index in [2.05, 4.69) is 16.6 Å². The van der Waals surface area contributed by atoms with Crippen LogP contribution in [0.5, 0.6) is 0 Å². The van der Waals surface area contributed by atoms with Crippen molar-refractivity contribution in [1.29, 1.82) is 0 Å². The van der Waals surface area contributed by atoms with Crippen LogP contribution in [0, 0.1) is 32.0 Å². The first kappa shape index (κ1) is 25.9. The van der Waals surface area contributed by atoms with Crippen LogP contribution in [0.25, 0.3) is 0 Å². The summed E-state index contributed by atoms with van der Waals surface area (Å²) in [4.78, 5) is 38.4. The number of nitrogens with one attached hydrogen (secondary N) is 2. The van der Waals surface area contributed by atoms with Crippen molar-refractivity contribution < 1.29 is 36.3 Å². The first-order valence-corrected chi connectivity index (χ1v) is 10.4. The van der Waals surface area contributed by atoms with E-state index in [-0.39, 0.29) is 41.0 Å². The molecular formula is C24H22F5N3O3. The zero-order valence-corrected chi connectivity index (χ0v) is 19.3. The van der Waals surface area contributed by atoms with E-state index in [0.29, 0.717) is 12.1 Å². The van der Waals surface area contributed by atoms with Crippen molar-refractivity contribution in [2.45, 2.75) is 51.0 Å². The molecule has 0 spiro atoms. The normalized spacial score (nSPS) is 21.6. The Bertz CT molecular complexity index is 1280. The van der Waals surface area contributed by atoms with Crippen molar-refractivity contribution in [3.63, 3.8) is 0 Å². The summed E-state index contributed by atoms with van der Waals surface area (Å²) in [6, 6.07) is 1.99. The highest BCUT2D eigenvalue weighted by Crippen LogP contribution is 2.43. The Morgan fingerprint density at radius 3 is 2.29 bits per heavy atom. The highest BCUT2D eigenvalue weighted by molar-refractivity contribution is 6.44. The minimum Gasteiger partial charge on any atom is -0.343 e. The Hall–Kier alpha value is -3.68. The smallest absolute Gasteiger partial charge is 0.343 e. The fourth-order valence-corrected chi connectivity index (χ4v) is 4.47. The van der Waals surface area contributed by atoms with Gasteiger partial charge in [0.2, 0.25) is 0 Å². The summed E-state index contributed by atoms with van der Waals surface area (Å²) in [5, 5.41) is 4.65. The second kappa shape index (κ2) is 8.52. The molecule has 2 aromatic rings. The van der Waals surface area contributed by atoms with Crippen LogP contribution >= 0.6 is 0 Å². The summed E-state index contributed by atoms with van der Waals surface area (Å²) < 4.78 is 67.8. The Balaban J connectivity index is 1.87. The van der Waals surface area contributed by atoms with Crippen LogP contribution < -0.4 is 10.6 Å². The number of terminal acetylenes is 1. The van der Waals surface area contributed by atoms with E-state index in [1.54, 1.807) is 0 Å². The van der Waals surface area contributed by atoms with Crippen LogP contribution in [0.4, 0.5) is 27.6 Å². The Morgan fingerprint density at radius 1 is 1.17 bits per heavy atom. The number of carbonyl (C=O) groups is 3. The SMILES string of the molecule is C#CC1(NC(=O)C(=O)c2c(C)c(C(=O)Nc3ccc(F)c(C(F)(F)F)c3)n(C)c2C)CC(C)(F)C1. The van der Waals surface area contributed by atoms with Gasteiger partial charge in [0.05, 0.1) is 11.1 Å². The van der Waals surface area contributed by atoms with Gasteiger partial charge in [0.15, 0.2) is 0 Å². The molecule has 0 bridgehead atoms. The summed E-state index contributed by atoms with van der Waals surface area (Å²) >= 11 is 0. The van der Waals surface area contributed by atoms with Gasteiger partial charge in [0, 0.05) is 31.3 Å². The van der Waals surface area contributed by atoms with Crippen LogP contribution in [-0.2, 0) is 18.0 Å². The van der Waals surface area contributed by atoms with Crippen molar-refractivity contribution in [2.75, 3.05) is 5.32 Å². The van der Waals surface area contributed by atoms with Crippen LogP contribution in [0.15, 0.2) is 18.2 Å². The van der Waals surface area contributed by atoms with Gasteiger partial charge in [-0.15, -0.1) is 6.42 Å². The first-order valence-electron chi connectivity index (χ1n) is 10.4. The molecule has 11 heteroatoms. The Labute approximate surface area is 197 Å². The van der Waals surface area contributed by atoms with Gasteiger partial charge in [-0.1, -0.05) is 5.92 Å². The highest BCUT2D eigenvalue weighted by atomic mass is 19.4. The summed E-state index contributed by atoms with van der Waals surface area (Å²) in [6.07, 6.45) is 0.146. The van der Waals surface area contributed by atoms with Gasteiger partial charge in [-0.05, 0) is 44.5 Å². The lowest BCUT2D eigenvalue weighted by Gasteiger charge is -2.46. The molecule has 1 aliphatic carbocycles. The number of alkyl halides is 4. The van der Waals surface area contributed by atoms with E-state index < -0.39 is 46.4 Å². The number of amides is 2. The lowest BCUT2D eigenvalue weighted by Crippen LogP contribution is -2.62. The van der Waals surface area contributed by atoms with Crippen molar-refractivity contribution >= 4 is 23.3 Å². The first-order chi connectivity index (χ1) is 16.0. The summed E-state index contributed by atoms with van der Waals surface area (Å²) in [7, 11) is 1.43. The highest BCUT2D eigenvalue weighted by Gasteiger charge is 2.53. The Kier molecular flexibility index (Phi) is 6.31. The molecule has 1 heterocycles. The number of Topliss-reactive ketones (excluding diaryl/α,β-unsaturated/α-hetero) is 1. The third kappa shape index (κ3) is 4.78. The summed E-state index contributed by atoms with van der Waals surface area (Å²) in [5.41, 5.74) is -4.60. The molecule has 1 aromatic heterocycles. The molecule has 1 fully saturated rings. The molecule has 2 amide bonds. The zero-order valence-electron chi connectivity index (χ0n) is 19.3. The quantitative estimate of drug-likeness (QED) is 0.282. The average Bonchev–Trinajstić information content (AvgIpc) is 2.94. The second-order valence-electron chi connectivity index (χ2n) is 8.92. The van der Waals surface area contributed by atoms with Crippen LogP contribution in [0.1, 0.15) is 57.4 Å². The predicted molar refractivity (Wildman–Crippen MR) is 117 cm³/mol. The third-order valence-electron chi connectivity index (χ3n) is 6.08. The molecule has 0 radical (unpaired) electrons. The van der Waals surface area contributed by atoms with E-state index in [9.17, 15) is 36.3 Å². The molecule has 6 nitrogen and oxygen atoms in total. The lowest BCUT2D eigenvalue weighted by molar-refractivity contribution is -0.140. The van der Waals surface area contributed by atoms with E-state index in [0.717, 1.165) is 6.07 Å². The van der Waals surface area contributed by atoms with E-state index >= 15 is 0 Å². The largest absolute Gasteiger partial charge is 0.419 e. The van der Waals surface area contributed by atoms with Gasteiger partial charge in [-0.3, -0.25) is 14.4 Å². The predicted octanol–water partition coefficient (Wildman–Crippen LogP) is 4.25. The molecule has 0 unspecified atom stereocenters. The van der Waals surface area contributed by atoms with Gasteiger partial charge in [-0.25, -0.2) is 8.78 Å². The third-order valence-corrected chi connectivity index (χ3v) is 6.08. The van der Waals surface area contributed by atoms with Gasteiger partial charge < -0.3 is 15.2 Å². The van der Waals surface area contributed by atoms with Gasteiger partial charge in [-0.2, -0.15) is 13.2 Å². The maximum atomic E-state index is 14.0. The summed E-state index contributed by atoms with van der Waals surface area (Å²) in [6.45, 7) is 4.20. The number of benzene rings is 1. The topological polar surface area (TPSA) is 80.2 Å². The number of carbonyl (C=O) groups excluding carboxylic acids is 3. The minimum absolute atomic E-state index is 0.0943. The molecule has 1 saturated carbocycles. The van der Waals surface area contributed by atoms with Gasteiger partial charge >= 0.3 is 6.18 Å². The maximum Gasteiger partial charge on any atom is 0.419 e. The fourth-order valence-electron chi connectivity index (χ4n) is 4.47. The fraction of sp³-hybridized carbons (Fsp3) is 0.375. The van der Waals surface area contributed by atoms with Crippen molar-refractivity contribution in [3.05, 3.63) is 52.1 Å². The summed E-state index contributed by atoms with van der Waals surface area (Å²) in [5.74, 6) is -2.13. The molecular weight excluding hydrogens is 473 g/mol. The van der Waals surface area contributed by atoms with Crippen LogP contribution in [0.2, 0.25) is 0 Å². The van der Waals surface area contributed by atoms with Crippen LogP contribution in [-0.4, -0.2) is 33.4 Å². The molecule has 186 valence electrons. The molecule has 2 N–H and O–H groups in total. The van der Waals surface area contributed by atoms with Crippen molar-refractivity contribution in [3.8, 4) is 12.3 Å². The Morgan fingerprint density at radius 2 is 1.77 bits per heavy atom. The van der Waals surface area contributed by atoms with Crippen molar-refractivity contribution in [2.24, 2.45) is 7.05 Å². The molecule has 0 atom stereocenters. The molecule has 3 rings (SSSR count). The molecule has 0 saturated heterocycles. The average molecular weight is 495 g/mol. The zero-order chi connectivity index (χ0) is 26.5. The number of halogens is 5. The van der Waals surface area contributed by atoms with Crippen LogP contribution in [0.3, 0.4) is 0 Å². The molecule has 0 aliphatic heterocycles. The lowest BCUT2D eigenvalue weighted by atomic mass is 9.67. The number of hydrogen-bond acceptors (Lipinski definition) is 3. The minimum atomic E-state index is -4.97. The number of anilines is 1. The second-order valence-corrected chi connectivity index (χ2v) is 8.92. The van der Waals surface area contributed by atoms with E-state index in [1.807, 2.05) is 0 Å². The van der Waals surface area contributed by atoms with Gasteiger partial charge in [0.1, 0.15) is 22.7 Å². The van der Waals surface area contributed by atoms with Gasteiger partial charge in [0.25, 0.3) is 17.6 Å². The van der Waals surface area contributed by atoms with E-state index in [1.165, 1.54) is 32.4 Å². The number of ketones is 1. The molecule has 1 aliphatic rings. The number of rotatable bonds is 5. The van der Waals surface area contributed by atoms with E-state index in [4.69, 9.17) is 6.42 Å². The monoisotopic (exact) mass is 495 g/mol. The molecule has 35 heavy (non-hydrogen) atoms.